The Hall–Kier alpha value is -2.24. The topological polar surface area (TPSA) is 69.9 Å². The van der Waals surface area contributed by atoms with Gasteiger partial charge in [-0.3, -0.25) is 4.98 Å². The van der Waals surface area contributed by atoms with E-state index in [-0.39, 0.29) is 5.97 Å². The molecule has 0 radical (unpaired) electrons. The Bertz CT molecular complexity index is 661. The lowest BCUT2D eigenvalue weighted by Crippen LogP contribution is -2.12. The van der Waals surface area contributed by atoms with E-state index in [4.69, 9.17) is 4.74 Å². The monoisotopic (exact) mass is 286 g/mol. The number of carbonyl (C=O) groups is 1. The maximum atomic E-state index is 12.0. The van der Waals surface area contributed by atoms with E-state index in [9.17, 15) is 4.79 Å². The number of aryl methyl sites for hydroxylation is 1. The molecule has 2 aromatic heterocycles. The smallest absolute Gasteiger partial charge is 0.360 e. The minimum atomic E-state index is -0.386. The Labute approximate surface area is 123 Å². The average molecular weight is 286 g/mol. The van der Waals surface area contributed by atoms with E-state index in [0.29, 0.717) is 24.8 Å². The van der Waals surface area contributed by atoms with Crippen LogP contribution in [0, 0.1) is 6.92 Å². The fourth-order valence-electron chi connectivity index (χ4n) is 2.37. The first kappa shape index (κ1) is 13.7. The Balaban J connectivity index is 1.92. The van der Waals surface area contributed by atoms with Gasteiger partial charge in [0.25, 0.3) is 0 Å². The molecule has 0 aromatic carbocycles. The predicted octanol–water partition coefficient (Wildman–Crippen LogP) is 2.08. The number of hydrogen-bond donors (Lipinski definition) is 0. The second kappa shape index (κ2) is 5.63. The minimum absolute atomic E-state index is 0.342. The molecule has 6 heteroatoms. The first-order chi connectivity index (χ1) is 10.2. The molecule has 0 saturated heterocycles. The summed E-state index contributed by atoms with van der Waals surface area (Å²) in [5, 5.41) is 8.18. The van der Waals surface area contributed by atoms with Gasteiger partial charge in [-0.25, -0.2) is 9.48 Å². The third-order valence-corrected chi connectivity index (χ3v) is 3.62. The van der Waals surface area contributed by atoms with Gasteiger partial charge in [0, 0.05) is 12.1 Å². The van der Waals surface area contributed by atoms with Gasteiger partial charge in [-0.1, -0.05) is 11.3 Å². The van der Waals surface area contributed by atoms with Gasteiger partial charge in [0.15, 0.2) is 5.69 Å². The fourth-order valence-corrected chi connectivity index (χ4v) is 2.37. The number of esters is 1. The van der Waals surface area contributed by atoms with Crippen molar-refractivity contribution >= 4 is 5.97 Å². The van der Waals surface area contributed by atoms with Gasteiger partial charge in [-0.05, 0) is 38.3 Å². The summed E-state index contributed by atoms with van der Waals surface area (Å²) >= 11 is 0. The number of ether oxygens (including phenoxy) is 1. The third-order valence-electron chi connectivity index (χ3n) is 3.62. The Morgan fingerprint density at radius 3 is 2.95 bits per heavy atom. The molecule has 1 fully saturated rings. The highest BCUT2D eigenvalue weighted by molar-refractivity contribution is 5.88. The highest BCUT2D eigenvalue weighted by Gasteiger charge is 2.34. The molecular weight excluding hydrogens is 268 g/mol. The molecule has 0 N–H and O–H groups in total. The molecule has 110 valence electrons. The first-order valence-corrected chi connectivity index (χ1v) is 7.21. The molecule has 0 amide bonds. The summed E-state index contributed by atoms with van der Waals surface area (Å²) in [6.07, 6.45) is 3.91. The fraction of sp³-hybridized carbons (Fsp3) is 0.467. The molecule has 0 aliphatic heterocycles. The van der Waals surface area contributed by atoms with Crippen molar-refractivity contribution in [1.82, 2.24) is 20.0 Å². The van der Waals surface area contributed by atoms with Crippen LogP contribution < -0.4 is 0 Å². The van der Waals surface area contributed by atoms with Crippen molar-refractivity contribution in [1.29, 1.82) is 0 Å². The van der Waals surface area contributed by atoms with Gasteiger partial charge in [0.05, 0.1) is 24.5 Å². The van der Waals surface area contributed by atoms with E-state index in [1.165, 1.54) is 0 Å². The van der Waals surface area contributed by atoms with Crippen molar-refractivity contribution in [2.75, 3.05) is 6.61 Å². The van der Waals surface area contributed by atoms with Gasteiger partial charge in [-0.15, -0.1) is 5.10 Å². The number of rotatable bonds is 5. The molecule has 0 atom stereocenters. The molecule has 0 unspecified atom stereocenters. The highest BCUT2D eigenvalue weighted by atomic mass is 16.5. The van der Waals surface area contributed by atoms with E-state index >= 15 is 0 Å². The zero-order valence-electron chi connectivity index (χ0n) is 12.2. The lowest BCUT2D eigenvalue weighted by Gasteiger charge is -2.08. The minimum Gasteiger partial charge on any atom is -0.461 e. The maximum absolute atomic E-state index is 12.0. The van der Waals surface area contributed by atoms with Crippen molar-refractivity contribution in [3.05, 3.63) is 41.0 Å². The molecule has 0 bridgehead atoms. The number of pyridine rings is 1. The average Bonchev–Trinajstić information content (AvgIpc) is 3.22. The Morgan fingerprint density at radius 1 is 1.48 bits per heavy atom. The van der Waals surface area contributed by atoms with Crippen LogP contribution >= 0.6 is 0 Å². The van der Waals surface area contributed by atoms with E-state index < -0.39 is 0 Å². The lowest BCUT2D eigenvalue weighted by molar-refractivity contribution is 0.0518. The highest BCUT2D eigenvalue weighted by Crippen LogP contribution is 2.41. The zero-order valence-corrected chi connectivity index (χ0v) is 12.2. The van der Waals surface area contributed by atoms with E-state index in [1.807, 2.05) is 19.1 Å². The second-order valence-electron chi connectivity index (χ2n) is 5.24. The molecule has 1 aliphatic rings. The standard InChI is InChI=1S/C15H18N4O2/c1-3-21-15(20)13-14(11-6-7-11)19(18-17-13)9-12-10(2)5-4-8-16-12/h4-5,8,11H,3,6-7,9H2,1-2H3. The molecule has 21 heavy (non-hydrogen) atoms. The molecular formula is C15H18N4O2. The second-order valence-corrected chi connectivity index (χ2v) is 5.24. The SMILES string of the molecule is CCOC(=O)c1nnn(Cc2ncccc2C)c1C1CC1. The number of nitrogens with zero attached hydrogens (tertiary/aromatic N) is 4. The third kappa shape index (κ3) is 2.79. The van der Waals surface area contributed by atoms with E-state index in [0.717, 1.165) is 29.8 Å². The van der Waals surface area contributed by atoms with Crippen LogP contribution in [0.25, 0.3) is 0 Å². The Kier molecular flexibility index (Phi) is 3.68. The first-order valence-electron chi connectivity index (χ1n) is 7.21. The quantitative estimate of drug-likeness (QED) is 0.787. The van der Waals surface area contributed by atoms with E-state index in [1.54, 1.807) is 17.8 Å². The van der Waals surface area contributed by atoms with Crippen molar-refractivity contribution in [2.45, 2.75) is 39.2 Å². The van der Waals surface area contributed by atoms with Crippen LogP contribution in [0.1, 0.15) is 53.1 Å². The summed E-state index contributed by atoms with van der Waals surface area (Å²) in [7, 11) is 0. The van der Waals surface area contributed by atoms with Crippen LogP contribution in [0.4, 0.5) is 0 Å². The maximum Gasteiger partial charge on any atom is 0.360 e. The van der Waals surface area contributed by atoms with Crippen molar-refractivity contribution in [3.8, 4) is 0 Å². The van der Waals surface area contributed by atoms with Gasteiger partial charge in [0.2, 0.25) is 0 Å². The van der Waals surface area contributed by atoms with Gasteiger partial charge in [-0.2, -0.15) is 0 Å². The van der Waals surface area contributed by atoms with Crippen LogP contribution in [-0.4, -0.2) is 32.6 Å². The van der Waals surface area contributed by atoms with Gasteiger partial charge < -0.3 is 4.74 Å². The summed E-state index contributed by atoms with van der Waals surface area (Å²) in [6, 6.07) is 3.92. The molecule has 1 aliphatic carbocycles. The van der Waals surface area contributed by atoms with Crippen molar-refractivity contribution in [3.63, 3.8) is 0 Å². The van der Waals surface area contributed by atoms with Crippen molar-refractivity contribution < 1.29 is 9.53 Å². The number of aromatic nitrogens is 4. The van der Waals surface area contributed by atoms with Crippen LogP contribution in [0.5, 0.6) is 0 Å². The van der Waals surface area contributed by atoms with Gasteiger partial charge in [0.1, 0.15) is 0 Å². The zero-order chi connectivity index (χ0) is 14.8. The summed E-state index contributed by atoms with van der Waals surface area (Å²) in [6.45, 7) is 4.68. The molecule has 6 nitrogen and oxygen atoms in total. The molecule has 3 rings (SSSR count). The molecule has 0 spiro atoms. The predicted molar refractivity (Wildman–Crippen MR) is 76.0 cm³/mol. The summed E-state index contributed by atoms with van der Waals surface area (Å²) in [5.41, 5.74) is 3.29. The van der Waals surface area contributed by atoms with Gasteiger partial charge >= 0.3 is 5.97 Å². The molecule has 1 saturated carbocycles. The van der Waals surface area contributed by atoms with Crippen LogP contribution in [0.15, 0.2) is 18.3 Å². The largest absolute Gasteiger partial charge is 0.461 e. The molecule has 2 heterocycles. The normalized spacial score (nSPS) is 14.2. The molecule has 2 aromatic rings. The summed E-state index contributed by atoms with van der Waals surface area (Å²) in [5.74, 6) is -0.0215. The van der Waals surface area contributed by atoms with E-state index in [2.05, 4.69) is 15.3 Å². The van der Waals surface area contributed by atoms with Crippen LogP contribution in [0.3, 0.4) is 0 Å². The number of carbonyl (C=O) groups excluding carboxylic acids is 1. The summed E-state index contributed by atoms with van der Waals surface area (Å²) < 4.78 is 6.85. The summed E-state index contributed by atoms with van der Waals surface area (Å²) in [4.78, 5) is 16.4. The van der Waals surface area contributed by atoms with Crippen molar-refractivity contribution in [2.24, 2.45) is 0 Å². The van der Waals surface area contributed by atoms with Crippen LogP contribution in [-0.2, 0) is 11.3 Å². The Morgan fingerprint density at radius 2 is 2.29 bits per heavy atom. The number of hydrogen-bond acceptors (Lipinski definition) is 5. The lowest BCUT2D eigenvalue weighted by atomic mass is 10.2. The van der Waals surface area contributed by atoms with Crippen LogP contribution in [0.2, 0.25) is 0 Å².